The molecular formula is C23H19N. The van der Waals surface area contributed by atoms with Gasteiger partial charge >= 0.3 is 0 Å². The van der Waals surface area contributed by atoms with Crippen LogP contribution in [0.3, 0.4) is 0 Å². The van der Waals surface area contributed by atoms with Crippen LogP contribution >= 0.6 is 0 Å². The van der Waals surface area contributed by atoms with E-state index in [0.717, 1.165) is 11.4 Å². The van der Waals surface area contributed by atoms with Gasteiger partial charge in [0.15, 0.2) is 0 Å². The number of rotatable bonds is 3. The van der Waals surface area contributed by atoms with E-state index in [1.165, 1.54) is 27.5 Å². The summed E-state index contributed by atoms with van der Waals surface area (Å²) in [4.78, 5) is 0. The van der Waals surface area contributed by atoms with Crippen molar-refractivity contribution >= 4 is 22.1 Å². The number of hydrogen-bond donors (Lipinski definition) is 1. The van der Waals surface area contributed by atoms with Crippen LogP contribution in [0.15, 0.2) is 91.0 Å². The van der Waals surface area contributed by atoms with Crippen molar-refractivity contribution in [3.63, 3.8) is 0 Å². The van der Waals surface area contributed by atoms with E-state index in [-0.39, 0.29) is 0 Å². The summed E-state index contributed by atoms with van der Waals surface area (Å²) in [5.74, 6) is 0. The molecule has 0 aliphatic rings. The highest BCUT2D eigenvalue weighted by Crippen LogP contribution is 2.30. The number of hydrogen-bond acceptors (Lipinski definition) is 1. The van der Waals surface area contributed by atoms with Gasteiger partial charge in [-0.1, -0.05) is 72.8 Å². The highest BCUT2D eigenvalue weighted by Gasteiger charge is 2.05. The Morgan fingerprint density at radius 1 is 0.667 bits per heavy atom. The first-order chi connectivity index (χ1) is 11.8. The molecule has 0 fully saturated rings. The number of fused-ring (bicyclic) bond motifs is 1. The number of nitrogens with one attached hydrogen (secondary N) is 1. The Morgan fingerprint density at radius 2 is 1.42 bits per heavy atom. The molecule has 1 heteroatoms. The molecule has 4 aromatic rings. The van der Waals surface area contributed by atoms with E-state index in [4.69, 9.17) is 0 Å². The second-order valence-electron chi connectivity index (χ2n) is 6.05. The minimum Gasteiger partial charge on any atom is -0.355 e. The van der Waals surface area contributed by atoms with Crippen LogP contribution in [-0.2, 0) is 0 Å². The van der Waals surface area contributed by atoms with Crippen LogP contribution in [0.25, 0.3) is 21.9 Å². The third-order valence-electron chi connectivity index (χ3n) is 4.38. The lowest BCUT2D eigenvalue weighted by Gasteiger charge is -2.13. The molecular weight excluding hydrogens is 290 g/mol. The average molecular weight is 309 g/mol. The fraction of sp³-hybridized carbons (Fsp3) is 0.0435. The van der Waals surface area contributed by atoms with E-state index in [1.807, 2.05) is 0 Å². The molecule has 0 saturated carbocycles. The molecule has 0 bridgehead atoms. The molecule has 0 aliphatic heterocycles. The van der Waals surface area contributed by atoms with Gasteiger partial charge < -0.3 is 5.32 Å². The maximum atomic E-state index is 3.57. The van der Waals surface area contributed by atoms with Crippen LogP contribution in [0.2, 0.25) is 0 Å². The lowest BCUT2D eigenvalue weighted by atomic mass is 10.00. The van der Waals surface area contributed by atoms with Gasteiger partial charge in [0, 0.05) is 16.8 Å². The quantitative estimate of drug-likeness (QED) is 0.452. The molecule has 0 radical (unpaired) electrons. The number of aryl methyl sites for hydroxylation is 1. The van der Waals surface area contributed by atoms with Crippen LogP contribution in [0.5, 0.6) is 0 Å². The highest BCUT2D eigenvalue weighted by atomic mass is 14.9. The predicted molar refractivity (Wildman–Crippen MR) is 104 cm³/mol. The van der Waals surface area contributed by atoms with Crippen LogP contribution < -0.4 is 5.32 Å². The maximum absolute atomic E-state index is 3.57. The summed E-state index contributed by atoms with van der Waals surface area (Å²) < 4.78 is 0. The molecule has 0 aromatic heterocycles. The van der Waals surface area contributed by atoms with E-state index in [2.05, 4.69) is 103 Å². The van der Waals surface area contributed by atoms with E-state index in [9.17, 15) is 0 Å². The third-order valence-corrected chi connectivity index (χ3v) is 4.38. The summed E-state index contributed by atoms with van der Waals surface area (Å²) in [5, 5.41) is 6.06. The number of benzene rings is 4. The number of anilines is 2. The summed E-state index contributed by atoms with van der Waals surface area (Å²) >= 11 is 0. The molecule has 1 N–H and O–H groups in total. The molecule has 0 spiro atoms. The molecule has 0 amide bonds. The molecule has 24 heavy (non-hydrogen) atoms. The van der Waals surface area contributed by atoms with Crippen molar-refractivity contribution in [3.8, 4) is 11.1 Å². The smallest absolute Gasteiger partial charge is 0.0463 e. The molecule has 0 aliphatic carbocycles. The molecule has 0 saturated heterocycles. The fourth-order valence-corrected chi connectivity index (χ4v) is 3.17. The predicted octanol–water partition coefficient (Wildman–Crippen LogP) is 6.56. The van der Waals surface area contributed by atoms with Crippen LogP contribution in [0, 0.1) is 6.92 Å². The Morgan fingerprint density at radius 3 is 2.25 bits per heavy atom. The van der Waals surface area contributed by atoms with Crippen molar-refractivity contribution in [2.45, 2.75) is 6.92 Å². The van der Waals surface area contributed by atoms with Crippen molar-refractivity contribution in [1.82, 2.24) is 0 Å². The molecule has 1 nitrogen and oxygen atoms in total. The first-order valence-corrected chi connectivity index (χ1v) is 8.22. The van der Waals surface area contributed by atoms with Gasteiger partial charge in [-0.3, -0.25) is 0 Å². The van der Waals surface area contributed by atoms with Gasteiger partial charge in [-0.05, 0) is 47.2 Å². The summed E-state index contributed by atoms with van der Waals surface area (Å²) in [6.07, 6.45) is 0. The zero-order chi connectivity index (χ0) is 16.4. The van der Waals surface area contributed by atoms with Gasteiger partial charge in [-0.2, -0.15) is 0 Å². The first-order valence-electron chi connectivity index (χ1n) is 8.22. The molecule has 0 atom stereocenters. The molecule has 0 unspecified atom stereocenters. The van der Waals surface area contributed by atoms with Crippen molar-refractivity contribution < 1.29 is 0 Å². The second kappa shape index (κ2) is 6.21. The lowest BCUT2D eigenvalue weighted by Crippen LogP contribution is -1.93. The average Bonchev–Trinajstić information content (AvgIpc) is 2.63. The Balaban J connectivity index is 1.69. The Bertz CT molecular complexity index is 982. The zero-order valence-corrected chi connectivity index (χ0v) is 13.7. The minimum absolute atomic E-state index is 1.11. The van der Waals surface area contributed by atoms with E-state index >= 15 is 0 Å². The van der Waals surface area contributed by atoms with Gasteiger partial charge in [0.25, 0.3) is 0 Å². The van der Waals surface area contributed by atoms with E-state index in [1.54, 1.807) is 0 Å². The van der Waals surface area contributed by atoms with Crippen LogP contribution in [-0.4, -0.2) is 0 Å². The van der Waals surface area contributed by atoms with Gasteiger partial charge in [0.1, 0.15) is 0 Å². The monoisotopic (exact) mass is 309 g/mol. The Hall–Kier alpha value is -3.06. The van der Waals surface area contributed by atoms with E-state index in [0.29, 0.717) is 0 Å². The van der Waals surface area contributed by atoms with Crippen molar-refractivity contribution in [3.05, 3.63) is 96.6 Å². The van der Waals surface area contributed by atoms with Crippen molar-refractivity contribution in [1.29, 1.82) is 0 Å². The van der Waals surface area contributed by atoms with Gasteiger partial charge in [-0.25, -0.2) is 0 Å². The van der Waals surface area contributed by atoms with Gasteiger partial charge in [0.2, 0.25) is 0 Å². The maximum Gasteiger partial charge on any atom is 0.0463 e. The molecule has 4 aromatic carbocycles. The fourth-order valence-electron chi connectivity index (χ4n) is 3.17. The van der Waals surface area contributed by atoms with Gasteiger partial charge in [0.05, 0.1) is 0 Å². The first kappa shape index (κ1) is 14.5. The Labute approximate surface area is 142 Å². The Kier molecular flexibility index (Phi) is 3.76. The van der Waals surface area contributed by atoms with E-state index < -0.39 is 0 Å². The third kappa shape index (κ3) is 2.77. The zero-order valence-electron chi connectivity index (χ0n) is 13.7. The molecule has 0 heterocycles. The summed E-state index contributed by atoms with van der Waals surface area (Å²) in [5.41, 5.74) is 6.06. The van der Waals surface area contributed by atoms with Crippen molar-refractivity contribution in [2.75, 3.05) is 5.32 Å². The lowest BCUT2D eigenvalue weighted by molar-refractivity contribution is 1.44. The SMILES string of the molecule is Cc1cc(Nc2cccc3ccccc23)ccc1-c1ccccc1. The summed E-state index contributed by atoms with van der Waals surface area (Å²) in [6, 6.07) is 31.9. The van der Waals surface area contributed by atoms with Crippen LogP contribution in [0.1, 0.15) is 5.56 Å². The standard InChI is InChI=1S/C23H19N/c1-17-16-20(14-15-21(17)18-8-3-2-4-9-18)24-23-13-7-11-19-10-5-6-12-22(19)23/h2-16,24H,1H3. The summed E-state index contributed by atoms with van der Waals surface area (Å²) in [6.45, 7) is 2.16. The van der Waals surface area contributed by atoms with Gasteiger partial charge in [-0.15, -0.1) is 0 Å². The largest absolute Gasteiger partial charge is 0.355 e. The summed E-state index contributed by atoms with van der Waals surface area (Å²) in [7, 11) is 0. The topological polar surface area (TPSA) is 12.0 Å². The van der Waals surface area contributed by atoms with Crippen LogP contribution in [0.4, 0.5) is 11.4 Å². The molecule has 116 valence electrons. The van der Waals surface area contributed by atoms with Crippen molar-refractivity contribution in [2.24, 2.45) is 0 Å². The second-order valence-corrected chi connectivity index (χ2v) is 6.05. The normalized spacial score (nSPS) is 10.7. The highest BCUT2D eigenvalue weighted by molar-refractivity contribution is 5.95. The minimum atomic E-state index is 1.11. The molecule has 4 rings (SSSR count).